The number of halogens is 1. The van der Waals surface area contributed by atoms with E-state index in [0.717, 1.165) is 16.9 Å². The monoisotopic (exact) mass is 348 g/mol. The number of carbonyl (C=O) groups is 1. The van der Waals surface area contributed by atoms with Crippen LogP contribution in [0.25, 0.3) is 6.08 Å². The molecule has 0 atom stereocenters. The van der Waals surface area contributed by atoms with Crippen LogP contribution in [0, 0.1) is 0 Å². The molecule has 2 nitrogen and oxygen atoms in total. The predicted octanol–water partition coefficient (Wildman–Crippen LogP) is 5.82. The number of ether oxygens (including phenoxy) is 1. The number of hydrogen-bond donors (Lipinski definition) is 0. The van der Waals surface area contributed by atoms with Crippen molar-refractivity contribution < 1.29 is 9.53 Å². The van der Waals surface area contributed by atoms with Gasteiger partial charge in [-0.1, -0.05) is 78.3 Å². The Hall–Kier alpha value is -2.84. The van der Waals surface area contributed by atoms with Crippen molar-refractivity contribution in [2.24, 2.45) is 0 Å². The van der Waals surface area contributed by atoms with Crippen molar-refractivity contribution in [2.75, 3.05) is 0 Å². The first kappa shape index (κ1) is 17.0. The quantitative estimate of drug-likeness (QED) is 0.414. The second kappa shape index (κ2) is 8.32. The Morgan fingerprint density at radius 1 is 0.880 bits per heavy atom. The SMILES string of the molecule is O=C(/C=C/c1ccc(OCc2ccccc2Cl)cc1)c1ccccc1. The van der Waals surface area contributed by atoms with Gasteiger partial charge in [0.2, 0.25) is 0 Å². The maximum atomic E-state index is 12.1. The molecule has 0 fully saturated rings. The van der Waals surface area contributed by atoms with Crippen LogP contribution < -0.4 is 4.74 Å². The summed E-state index contributed by atoms with van der Waals surface area (Å²) in [7, 11) is 0. The molecule has 0 saturated heterocycles. The molecular formula is C22H17ClO2. The van der Waals surface area contributed by atoms with E-state index in [1.54, 1.807) is 24.3 Å². The third-order valence-corrected chi connectivity index (χ3v) is 4.09. The summed E-state index contributed by atoms with van der Waals surface area (Å²) in [6, 6.07) is 24.4. The lowest BCUT2D eigenvalue weighted by Gasteiger charge is -2.07. The van der Waals surface area contributed by atoms with Crippen molar-refractivity contribution in [2.45, 2.75) is 6.61 Å². The zero-order chi connectivity index (χ0) is 17.5. The highest BCUT2D eigenvalue weighted by atomic mass is 35.5. The summed E-state index contributed by atoms with van der Waals surface area (Å²) in [6.45, 7) is 0.418. The van der Waals surface area contributed by atoms with E-state index in [1.807, 2.05) is 66.7 Å². The molecule has 0 spiro atoms. The fraction of sp³-hybridized carbons (Fsp3) is 0.0455. The van der Waals surface area contributed by atoms with Gasteiger partial charge in [-0.3, -0.25) is 4.79 Å². The van der Waals surface area contributed by atoms with Gasteiger partial charge in [-0.2, -0.15) is 0 Å². The van der Waals surface area contributed by atoms with Crippen molar-refractivity contribution in [3.8, 4) is 5.75 Å². The fourth-order valence-electron chi connectivity index (χ4n) is 2.32. The number of rotatable bonds is 6. The lowest BCUT2D eigenvalue weighted by atomic mass is 10.1. The maximum Gasteiger partial charge on any atom is 0.185 e. The van der Waals surface area contributed by atoms with E-state index >= 15 is 0 Å². The van der Waals surface area contributed by atoms with E-state index in [4.69, 9.17) is 16.3 Å². The first-order valence-electron chi connectivity index (χ1n) is 7.96. The molecule has 3 aromatic rings. The molecule has 0 bridgehead atoms. The van der Waals surface area contributed by atoms with Crippen LogP contribution in [0.4, 0.5) is 0 Å². The molecule has 0 saturated carbocycles. The van der Waals surface area contributed by atoms with E-state index in [0.29, 0.717) is 17.2 Å². The standard InChI is InChI=1S/C22H17ClO2/c23-21-9-5-4-8-19(21)16-25-20-13-10-17(11-14-20)12-15-22(24)18-6-2-1-3-7-18/h1-15H,16H2/b15-12+. The summed E-state index contributed by atoms with van der Waals surface area (Å²) in [5, 5.41) is 0.696. The van der Waals surface area contributed by atoms with Crippen molar-refractivity contribution in [1.82, 2.24) is 0 Å². The Morgan fingerprint density at radius 3 is 2.28 bits per heavy atom. The Labute approximate surface area is 152 Å². The van der Waals surface area contributed by atoms with Crippen LogP contribution in [0.15, 0.2) is 84.9 Å². The summed E-state index contributed by atoms with van der Waals surface area (Å²) in [4.78, 5) is 12.1. The zero-order valence-electron chi connectivity index (χ0n) is 13.6. The van der Waals surface area contributed by atoms with Crippen LogP contribution in [0.3, 0.4) is 0 Å². The first-order chi connectivity index (χ1) is 12.2. The van der Waals surface area contributed by atoms with Gasteiger partial charge < -0.3 is 4.74 Å². The lowest BCUT2D eigenvalue weighted by molar-refractivity contribution is 0.104. The molecule has 0 heterocycles. The van der Waals surface area contributed by atoms with Crippen molar-refractivity contribution in [3.05, 3.63) is 107 Å². The van der Waals surface area contributed by atoms with Crippen molar-refractivity contribution in [1.29, 1.82) is 0 Å². The Morgan fingerprint density at radius 2 is 1.56 bits per heavy atom. The average molecular weight is 349 g/mol. The van der Waals surface area contributed by atoms with Crippen molar-refractivity contribution >= 4 is 23.5 Å². The van der Waals surface area contributed by atoms with Gasteiger partial charge in [0.1, 0.15) is 12.4 Å². The molecule has 0 aliphatic rings. The van der Waals surface area contributed by atoms with Gasteiger partial charge in [-0.05, 0) is 29.8 Å². The van der Waals surface area contributed by atoms with Gasteiger partial charge in [0.05, 0.1) is 0 Å². The minimum absolute atomic E-state index is 0.0142. The van der Waals surface area contributed by atoms with E-state index in [-0.39, 0.29) is 5.78 Å². The fourth-order valence-corrected chi connectivity index (χ4v) is 2.51. The minimum atomic E-state index is -0.0142. The van der Waals surface area contributed by atoms with Crippen molar-refractivity contribution in [3.63, 3.8) is 0 Å². The average Bonchev–Trinajstić information content (AvgIpc) is 2.67. The van der Waals surface area contributed by atoms with Crippen LogP contribution >= 0.6 is 11.6 Å². The second-order valence-corrected chi connectivity index (χ2v) is 5.92. The van der Waals surface area contributed by atoms with Crippen LogP contribution in [-0.4, -0.2) is 5.78 Å². The molecule has 0 N–H and O–H groups in total. The van der Waals surface area contributed by atoms with Gasteiger partial charge in [0.25, 0.3) is 0 Å². The summed E-state index contributed by atoms with van der Waals surface area (Å²) >= 11 is 6.12. The summed E-state index contributed by atoms with van der Waals surface area (Å²) in [6.07, 6.45) is 3.38. The Bertz CT molecular complexity index is 868. The summed E-state index contributed by atoms with van der Waals surface area (Å²) in [5.74, 6) is 0.742. The molecule has 0 aliphatic carbocycles. The topological polar surface area (TPSA) is 26.3 Å². The molecule has 3 rings (SSSR count). The minimum Gasteiger partial charge on any atom is -0.489 e. The molecule has 0 aliphatic heterocycles. The third-order valence-electron chi connectivity index (χ3n) is 3.72. The van der Waals surface area contributed by atoms with Crippen LogP contribution in [0.1, 0.15) is 21.5 Å². The van der Waals surface area contributed by atoms with E-state index in [2.05, 4.69) is 0 Å². The van der Waals surface area contributed by atoms with Gasteiger partial charge in [-0.15, -0.1) is 0 Å². The van der Waals surface area contributed by atoms with Crippen LogP contribution in [-0.2, 0) is 6.61 Å². The van der Waals surface area contributed by atoms with Crippen LogP contribution in [0.5, 0.6) is 5.75 Å². The molecule has 124 valence electrons. The highest BCUT2D eigenvalue weighted by molar-refractivity contribution is 6.31. The predicted molar refractivity (Wildman–Crippen MR) is 102 cm³/mol. The largest absolute Gasteiger partial charge is 0.489 e. The number of ketones is 1. The Balaban J connectivity index is 1.60. The third kappa shape index (κ3) is 4.82. The highest BCUT2D eigenvalue weighted by Gasteiger charge is 2.01. The highest BCUT2D eigenvalue weighted by Crippen LogP contribution is 2.19. The lowest BCUT2D eigenvalue weighted by Crippen LogP contribution is -1.96. The Kier molecular flexibility index (Phi) is 5.65. The molecule has 0 radical (unpaired) electrons. The molecule has 0 amide bonds. The molecule has 3 heteroatoms. The smallest absolute Gasteiger partial charge is 0.185 e. The summed E-state index contributed by atoms with van der Waals surface area (Å²) < 4.78 is 5.75. The van der Waals surface area contributed by atoms with Gasteiger partial charge in [0.15, 0.2) is 5.78 Å². The number of benzene rings is 3. The van der Waals surface area contributed by atoms with Gasteiger partial charge in [-0.25, -0.2) is 0 Å². The van der Waals surface area contributed by atoms with E-state index in [1.165, 1.54) is 0 Å². The number of allylic oxidation sites excluding steroid dienone is 1. The van der Waals surface area contributed by atoms with E-state index in [9.17, 15) is 4.79 Å². The molecule has 25 heavy (non-hydrogen) atoms. The molecular weight excluding hydrogens is 332 g/mol. The van der Waals surface area contributed by atoms with E-state index < -0.39 is 0 Å². The molecule has 0 unspecified atom stereocenters. The molecule has 3 aromatic carbocycles. The maximum absolute atomic E-state index is 12.1. The zero-order valence-corrected chi connectivity index (χ0v) is 14.3. The second-order valence-electron chi connectivity index (χ2n) is 5.51. The first-order valence-corrected chi connectivity index (χ1v) is 8.34. The molecule has 0 aromatic heterocycles. The van der Waals surface area contributed by atoms with Crippen LogP contribution in [0.2, 0.25) is 5.02 Å². The number of carbonyl (C=O) groups excluding carboxylic acids is 1. The van der Waals surface area contributed by atoms with Gasteiger partial charge in [0, 0.05) is 16.1 Å². The van der Waals surface area contributed by atoms with Gasteiger partial charge >= 0.3 is 0 Å². The summed E-state index contributed by atoms with van der Waals surface area (Å²) in [5.41, 5.74) is 2.56. The normalized spacial score (nSPS) is 10.8. The number of hydrogen-bond acceptors (Lipinski definition) is 2.